The zero-order valence-electron chi connectivity index (χ0n) is 17.7. The Labute approximate surface area is 202 Å². The largest absolute Gasteiger partial charge is 0.293 e. The summed E-state index contributed by atoms with van der Waals surface area (Å²) in [5, 5.41) is 24.7. The number of anilines is 2. The van der Waals surface area contributed by atoms with Crippen LogP contribution in [0.5, 0.6) is 0 Å². The van der Waals surface area contributed by atoms with E-state index in [1.165, 1.54) is 47.5 Å². The average Bonchev–Trinajstić information content (AvgIpc) is 3.35. The molecule has 35 heavy (non-hydrogen) atoms. The Bertz CT molecular complexity index is 1380. The van der Waals surface area contributed by atoms with E-state index < -0.39 is 45.4 Å². The van der Waals surface area contributed by atoms with Crippen molar-refractivity contribution in [3.8, 4) is 0 Å². The van der Waals surface area contributed by atoms with Gasteiger partial charge in [0.05, 0.1) is 21.6 Å². The van der Waals surface area contributed by atoms with Crippen molar-refractivity contribution in [1.82, 2.24) is 0 Å². The molecule has 11 nitrogen and oxygen atoms in total. The summed E-state index contributed by atoms with van der Waals surface area (Å²) in [6, 6.07) is 16.6. The predicted molar refractivity (Wildman–Crippen MR) is 124 cm³/mol. The number of rotatable bonds is 5. The van der Waals surface area contributed by atoms with E-state index in [1.54, 1.807) is 30.3 Å². The van der Waals surface area contributed by atoms with E-state index in [-0.39, 0.29) is 11.4 Å². The van der Waals surface area contributed by atoms with Crippen LogP contribution < -0.4 is 9.96 Å². The normalized spacial score (nSPS) is 21.3. The molecule has 3 atom stereocenters. The molecule has 0 N–H and O–H groups in total. The van der Waals surface area contributed by atoms with E-state index in [1.807, 2.05) is 0 Å². The fourth-order valence-corrected chi connectivity index (χ4v) is 4.56. The van der Waals surface area contributed by atoms with Gasteiger partial charge in [0.25, 0.3) is 17.3 Å². The maximum absolute atomic E-state index is 13.6. The minimum absolute atomic E-state index is 0.165. The number of para-hydroxylation sites is 2. The highest BCUT2D eigenvalue weighted by atomic mass is 35.5. The SMILES string of the molecule is O=C1C2ON(c3ccc(Cl)cc3)C(c3cccc([N+](=O)[O-])c3)C2C(=O)N1c1ccccc1[N+](=O)[O-]. The molecule has 2 saturated heterocycles. The van der Waals surface area contributed by atoms with Crippen LogP contribution in [0, 0.1) is 26.1 Å². The summed E-state index contributed by atoms with van der Waals surface area (Å²) in [6.45, 7) is 0. The lowest BCUT2D eigenvalue weighted by Gasteiger charge is -2.28. The van der Waals surface area contributed by atoms with Gasteiger partial charge in [-0.15, -0.1) is 0 Å². The molecule has 12 heteroatoms. The van der Waals surface area contributed by atoms with Crippen molar-refractivity contribution in [1.29, 1.82) is 0 Å². The van der Waals surface area contributed by atoms with Gasteiger partial charge in [-0.25, -0.2) is 9.96 Å². The molecule has 0 aliphatic carbocycles. The first-order chi connectivity index (χ1) is 16.8. The number of amides is 2. The van der Waals surface area contributed by atoms with Crippen molar-refractivity contribution in [2.75, 3.05) is 9.96 Å². The minimum atomic E-state index is -1.29. The third-order valence-electron chi connectivity index (χ3n) is 5.94. The van der Waals surface area contributed by atoms with Gasteiger partial charge >= 0.3 is 0 Å². The standard InChI is InChI=1S/C23H15ClN4O7/c24-14-8-10-15(11-9-14)26-20(13-4-3-5-16(12-13)27(31)32)19-21(35-26)23(30)25(22(19)29)17-6-1-2-7-18(17)28(33)34/h1-12,19-21H. The number of non-ortho nitro benzene ring substituents is 1. The number of nitrogens with zero attached hydrogens (tertiary/aromatic N) is 4. The molecule has 0 saturated carbocycles. The molecule has 3 aromatic rings. The summed E-state index contributed by atoms with van der Waals surface area (Å²) in [5.41, 5.74) is 0.0663. The zero-order valence-corrected chi connectivity index (χ0v) is 18.4. The maximum Gasteiger partial charge on any atom is 0.293 e. The molecular formula is C23H15ClN4O7. The van der Waals surface area contributed by atoms with E-state index >= 15 is 0 Å². The van der Waals surface area contributed by atoms with Gasteiger partial charge in [-0.3, -0.25) is 34.7 Å². The zero-order chi connectivity index (χ0) is 24.9. The van der Waals surface area contributed by atoms with Gasteiger partial charge in [0.2, 0.25) is 5.91 Å². The number of hydrogen-bond donors (Lipinski definition) is 0. The Hall–Kier alpha value is -4.35. The van der Waals surface area contributed by atoms with Gasteiger partial charge in [0.1, 0.15) is 11.6 Å². The molecule has 3 aromatic carbocycles. The molecule has 2 fully saturated rings. The summed E-state index contributed by atoms with van der Waals surface area (Å²) < 4.78 is 0. The second-order valence-corrected chi connectivity index (χ2v) is 8.35. The van der Waals surface area contributed by atoms with Crippen LogP contribution in [0.15, 0.2) is 72.8 Å². The fourth-order valence-electron chi connectivity index (χ4n) is 4.43. The van der Waals surface area contributed by atoms with Gasteiger partial charge in [-0.2, -0.15) is 0 Å². The van der Waals surface area contributed by atoms with Crippen LogP contribution in [-0.2, 0) is 14.4 Å². The Morgan fingerprint density at radius 3 is 2.26 bits per heavy atom. The molecular weight excluding hydrogens is 480 g/mol. The molecule has 0 aromatic heterocycles. The smallest absolute Gasteiger partial charge is 0.273 e. The number of carbonyl (C=O) groups excluding carboxylic acids is 2. The molecule has 176 valence electrons. The Morgan fingerprint density at radius 2 is 1.57 bits per heavy atom. The van der Waals surface area contributed by atoms with Crippen LogP contribution >= 0.6 is 11.6 Å². The lowest BCUT2D eigenvalue weighted by Crippen LogP contribution is -2.37. The van der Waals surface area contributed by atoms with Crippen molar-refractivity contribution in [2.24, 2.45) is 5.92 Å². The minimum Gasteiger partial charge on any atom is -0.273 e. The monoisotopic (exact) mass is 494 g/mol. The number of hydrogen-bond acceptors (Lipinski definition) is 8. The highest BCUT2D eigenvalue weighted by molar-refractivity contribution is 6.30. The second kappa shape index (κ2) is 8.46. The number of benzene rings is 3. The third kappa shape index (κ3) is 3.66. The van der Waals surface area contributed by atoms with E-state index in [0.29, 0.717) is 16.3 Å². The highest BCUT2D eigenvalue weighted by Gasteiger charge is 2.61. The topological polar surface area (TPSA) is 136 Å². The number of fused-ring (bicyclic) bond motifs is 1. The first-order valence-electron chi connectivity index (χ1n) is 10.3. The number of imide groups is 1. The van der Waals surface area contributed by atoms with Gasteiger partial charge < -0.3 is 0 Å². The van der Waals surface area contributed by atoms with E-state index in [2.05, 4.69) is 0 Å². The Kier molecular flexibility index (Phi) is 5.42. The first-order valence-corrected chi connectivity index (χ1v) is 10.7. The van der Waals surface area contributed by atoms with Crippen LogP contribution in [0.3, 0.4) is 0 Å². The molecule has 5 rings (SSSR count). The number of hydroxylamine groups is 1. The Balaban J connectivity index is 1.62. The van der Waals surface area contributed by atoms with Crippen LogP contribution in [-0.4, -0.2) is 27.8 Å². The number of nitro benzene ring substituents is 2. The molecule has 3 unspecified atom stereocenters. The van der Waals surface area contributed by atoms with Crippen molar-refractivity contribution < 1.29 is 24.3 Å². The number of carbonyl (C=O) groups is 2. The van der Waals surface area contributed by atoms with Crippen molar-refractivity contribution in [2.45, 2.75) is 12.1 Å². The van der Waals surface area contributed by atoms with E-state index in [9.17, 15) is 29.8 Å². The maximum atomic E-state index is 13.6. The van der Waals surface area contributed by atoms with Crippen LogP contribution in [0.25, 0.3) is 0 Å². The summed E-state index contributed by atoms with van der Waals surface area (Å²) in [6.07, 6.45) is -1.29. The van der Waals surface area contributed by atoms with Gasteiger partial charge in [0, 0.05) is 23.2 Å². The first kappa shape index (κ1) is 22.4. The predicted octanol–water partition coefficient (Wildman–Crippen LogP) is 4.21. The van der Waals surface area contributed by atoms with Gasteiger partial charge in [-0.05, 0) is 35.9 Å². The number of halogens is 1. The van der Waals surface area contributed by atoms with E-state index in [0.717, 1.165) is 4.90 Å². The summed E-state index contributed by atoms with van der Waals surface area (Å²) >= 11 is 5.99. The number of nitro groups is 2. The van der Waals surface area contributed by atoms with Crippen LogP contribution in [0.4, 0.5) is 22.7 Å². The highest BCUT2D eigenvalue weighted by Crippen LogP contribution is 2.49. The second-order valence-electron chi connectivity index (χ2n) is 7.91. The Morgan fingerprint density at radius 1 is 0.857 bits per heavy atom. The molecule has 0 bridgehead atoms. The quantitative estimate of drug-likeness (QED) is 0.292. The summed E-state index contributed by atoms with van der Waals surface area (Å²) in [7, 11) is 0. The molecule has 2 heterocycles. The lowest BCUT2D eigenvalue weighted by atomic mass is 9.90. The molecule has 0 spiro atoms. The molecule has 2 aliphatic rings. The summed E-state index contributed by atoms with van der Waals surface area (Å²) in [4.78, 5) is 55.4. The fraction of sp³-hybridized carbons (Fsp3) is 0.130. The van der Waals surface area contributed by atoms with Crippen molar-refractivity contribution in [3.63, 3.8) is 0 Å². The van der Waals surface area contributed by atoms with Crippen LogP contribution in [0.1, 0.15) is 11.6 Å². The van der Waals surface area contributed by atoms with Crippen LogP contribution in [0.2, 0.25) is 5.02 Å². The molecule has 0 radical (unpaired) electrons. The average molecular weight is 495 g/mol. The van der Waals surface area contributed by atoms with E-state index in [4.69, 9.17) is 16.4 Å². The summed E-state index contributed by atoms with van der Waals surface area (Å²) in [5.74, 6) is -2.58. The third-order valence-corrected chi connectivity index (χ3v) is 6.19. The lowest BCUT2D eigenvalue weighted by molar-refractivity contribution is -0.385. The molecule has 2 amide bonds. The van der Waals surface area contributed by atoms with Gasteiger partial charge in [-0.1, -0.05) is 35.9 Å². The van der Waals surface area contributed by atoms with Gasteiger partial charge in [0.15, 0.2) is 6.10 Å². The van der Waals surface area contributed by atoms with Crippen molar-refractivity contribution >= 4 is 46.2 Å². The van der Waals surface area contributed by atoms with Crippen molar-refractivity contribution in [3.05, 3.63) is 104 Å². The molecule has 2 aliphatic heterocycles.